The third kappa shape index (κ3) is 3.90. The minimum atomic E-state index is -0.397. The van der Waals surface area contributed by atoms with Gasteiger partial charge in [0.15, 0.2) is 5.82 Å². The van der Waals surface area contributed by atoms with E-state index in [1.807, 2.05) is 67.6 Å². The van der Waals surface area contributed by atoms with Crippen molar-refractivity contribution in [3.05, 3.63) is 83.3 Å². The monoisotopic (exact) mass is 389 g/mol. The molecule has 3 aromatic rings. The zero-order valence-corrected chi connectivity index (χ0v) is 16.2. The first kappa shape index (κ1) is 18.9. The number of aromatic nitrogens is 3. The number of hydrogen-bond donors (Lipinski definition) is 3. The van der Waals surface area contributed by atoms with Crippen LogP contribution in [0.15, 0.2) is 71.9 Å². The van der Waals surface area contributed by atoms with E-state index >= 15 is 0 Å². The molecule has 0 fully saturated rings. The first-order chi connectivity index (χ1) is 14.2. The highest BCUT2D eigenvalue weighted by Crippen LogP contribution is 2.35. The van der Waals surface area contributed by atoms with Gasteiger partial charge in [-0.25, -0.2) is 4.68 Å². The molecule has 0 spiro atoms. The summed E-state index contributed by atoms with van der Waals surface area (Å²) in [4.78, 5) is 17.8. The Kier molecular flexibility index (Phi) is 5.39. The second-order valence-electron chi connectivity index (χ2n) is 6.92. The lowest BCUT2D eigenvalue weighted by Crippen LogP contribution is -2.31. The van der Waals surface area contributed by atoms with Gasteiger partial charge in [0.2, 0.25) is 5.95 Å². The first-order valence-corrected chi connectivity index (χ1v) is 9.63. The molecule has 0 saturated carbocycles. The van der Waals surface area contributed by atoms with Gasteiger partial charge in [-0.3, -0.25) is 4.79 Å². The van der Waals surface area contributed by atoms with Crippen LogP contribution in [0.2, 0.25) is 0 Å². The number of carbonyl (C=O) groups is 1. The molecule has 3 N–H and O–H groups in total. The van der Waals surface area contributed by atoms with Gasteiger partial charge >= 0.3 is 0 Å². The fraction of sp³-hybridized carbons (Fsp3) is 0.227. The number of anilines is 2. The van der Waals surface area contributed by atoms with Crippen LogP contribution < -0.4 is 10.6 Å². The number of aliphatic hydroxyl groups is 1. The number of amides is 1. The molecule has 7 nitrogen and oxygen atoms in total. The second-order valence-corrected chi connectivity index (χ2v) is 6.92. The molecule has 148 valence electrons. The van der Waals surface area contributed by atoms with Crippen molar-refractivity contribution >= 4 is 17.5 Å². The molecule has 1 aliphatic heterocycles. The molecule has 0 aliphatic carbocycles. The lowest BCUT2D eigenvalue weighted by atomic mass is 9.95. The number of fused-ring (bicyclic) bond motifs is 1. The maximum atomic E-state index is 13.2. The van der Waals surface area contributed by atoms with E-state index in [1.165, 1.54) is 0 Å². The number of aryl methyl sites for hydroxylation is 1. The Balaban J connectivity index is 1.74. The molecule has 1 aliphatic rings. The topological polar surface area (TPSA) is 92.1 Å². The number of nitrogens with zero attached hydrogens (tertiary/aromatic N) is 3. The van der Waals surface area contributed by atoms with E-state index in [0.717, 1.165) is 16.9 Å². The smallest absolute Gasteiger partial charge is 0.255 e. The largest absolute Gasteiger partial charge is 0.396 e. The summed E-state index contributed by atoms with van der Waals surface area (Å²) >= 11 is 0. The molecular weight excluding hydrogens is 366 g/mol. The van der Waals surface area contributed by atoms with Crippen LogP contribution in [0.25, 0.3) is 0 Å². The maximum Gasteiger partial charge on any atom is 0.255 e. The van der Waals surface area contributed by atoms with Gasteiger partial charge in [-0.15, -0.1) is 0 Å². The van der Waals surface area contributed by atoms with E-state index < -0.39 is 6.04 Å². The molecule has 0 bridgehead atoms. The minimum Gasteiger partial charge on any atom is -0.396 e. The summed E-state index contributed by atoms with van der Waals surface area (Å²) in [6, 6.07) is 18.8. The van der Waals surface area contributed by atoms with Crippen LogP contribution in [0.1, 0.15) is 30.8 Å². The molecule has 2 aromatic carbocycles. The molecule has 1 amide bonds. The van der Waals surface area contributed by atoms with Gasteiger partial charge in [-0.2, -0.15) is 10.1 Å². The average Bonchev–Trinajstić information content (AvgIpc) is 3.14. The molecule has 0 unspecified atom stereocenters. The van der Waals surface area contributed by atoms with Crippen LogP contribution in [0.5, 0.6) is 0 Å². The number of allylic oxidation sites excluding steroid dienone is 1. The molecule has 1 aromatic heterocycles. The van der Waals surface area contributed by atoms with Crippen molar-refractivity contribution in [1.82, 2.24) is 14.8 Å². The van der Waals surface area contributed by atoms with E-state index in [9.17, 15) is 4.79 Å². The summed E-state index contributed by atoms with van der Waals surface area (Å²) in [5.41, 5.74) is 3.01. The molecule has 29 heavy (non-hydrogen) atoms. The Labute approximate surface area is 169 Å². The zero-order chi connectivity index (χ0) is 20.2. The lowest BCUT2D eigenvalue weighted by Gasteiger charge is -2.28. The minimum absolute atomic E-state index is 0.0847. The molecule has 1 atom stereocenters. The van der Waals surface area contributed by atoms with E-state index in [-0.39, 0.29) is 12.5 Å². The van der Waals surface area contributed by atoms with Gasteiger partial charge in [0.1, 0.15) is 6.04 Å². The fourth-order valence-electron chi connectivity index (χ4n) is 3.50. The number of para-hydroxylation sites is 1. The number of carbonyl (C=O) groups excluding carboxylic acids is 1. The summed E-state index contributed by atoms with van der Waals surface area (Å²) in [5, 5.41) is 20.0. The van der Waals surface area contributed by atoms with Crippen LogP contribution in [0.3, 0.4) is 0 Å². The Bertz CT molecular complexity index is 1030. The lowest BCUT2D eigenvalue weighted by molar-refractivity contribution is -0.113. The van der Waals surface area contributed by atoms with E-state index in [2.05, 4.69) is 20.7 Å². The SMILES string of the molecule is CC1=C(C(=O)Nc2ccccc2)[C@H](c2ccccc2)n2nc(CCCO)nc2N1. The van der Waals surface area contributed by atoms with Crippen molar-refractivity contribution in [3.63, 3.8) is 0 Å². The van der Waals surface area contributed by atoms with Crippen molar-refractivity contribution in [2.45, 2.75) is 25.8 Å². The summed E-state index contributed by atoms with van der Waals surface area (Å²) in [5.74, 6) is 1.05. The van der Waals surface area contributed by atoms with Gasteiger partial charge < -0.3 is 15.7 Å². The summed E-state index contributed by atoms with van der Waals surface area (Å²) in [6.07, 6.45) is 1.16. The predicted octanol–water partition coefficient (Wildman–Crippen LogP) is 3.13. The Morgan fingerprint density at radius 1 is 1.14 bits per heavy atom. The summed E-state index contributed by atoms with van der Waals surface area (Å²) in [6.45, 7) is 1.96. The van der Waals surface area contributed by atoms with E-state index in [4.69, 9.17) is 5.11 Å². The van der Waals surface area contributed by atoms with Gasteiger partial charge in [0.05, 0.1) is 5.57 Å². The van der Waals surface area contributed by atoms with Gasteiger partial charge in [0.25, 0.3) is 5.91 Å². The van der Waals surface area contributed by atoms with Gasteiger partial charge in [-0.1, -0.05) is 48.5 Å². The Morgan fingerprint density at radius 2 is 1.83 bits per heavy atom. The Morgan fingerprint density at radius 3 is 2.52 bits per heavy atom. The summed E-state index contributed by atoms with van der Waals surface area (Å²) < 4.78 is 1.76. The molecule has 0 radical (unpaired) electrons. The van der Waals surface area contributed by atoms with E-state index in [0.29, 0.717) is 30.2 Å². The molecule has 4 rings (SSSR count). The van der Waals surface area contributed by atoms with Crippen LogP contribution in [-0.2, 0) is 11.2 Å². The zero-order valence-electron chi connectivity index (χ0n) is 16.2. The number of nitrogens with one attached hydrogen (secondary N) is 2. The third-order valence-corrected chi connectivity index (χ3v) is 4.85. The molecule has 0 saturated heterocycles. The van der Waals surface area contributed by atoms with Crippen molar-refractivity contribution in [2.24, 2.45) is 0 Å². The predicted molar refractivity (Wildman–Crippen MR) is 111 cm³/mol. The van der Waals surface area contributed by atoms with Crippen molar-refractivity contribution in [1.29, 1.82) is 0 Å². The van der Waals surface area contributed by atoms with Crippen molar-refractivity contribution in [2.75, 3.05) is 17.2 Å². The number of aliphatic hydroxyl groups excluding tert-OH is 1. The number of hydrogen-bond acceptors (Lipinski definition) is 5. The van der Waals surface area contributed by atoms with Crippen LogP contribution in [0, 0.1) is 0 Å². The second kappa shape index (κ2) is 8.28. The highest BCUT2D eigenvalue weighted by atomic mass is 16.3. The molecule has 2 heterocycles. The highest BCUT2D eigenvalue weighted by Gasteiger charge is 2.34. The number of rotatable bonds is 6. The van der Waals surface area contributed by atoms with Gasteiger partial charge in [0, 0.05) is 24.4 Å². The van der Waals surface area contributed by atoms with E-state index in [1.54, 1.807) is 4.68 Å². The summed E-state index contributed by atoms with van der Waals surface area (Å²) in [7, 11) is 0. The first-order valence-electron chi connectivity index (χ1n) is 9.63. The van der Waals surface area contributed by atoms with Crippen molar-refractivity contribution < 1.29 is 9.90 Å². The third-order valence-electron chi connectivity index (χ3n) is 4.85. The quantitative estimate of drug-likeness (QED) is 0.602. The fourth-order valence-corrected chi connectivity index (χ4v) is 3.50. The van der Waals surface area contributed by atoms with Crippen LogP contribution >= 0.6 is 0 Å². The molecular formula is C22H23N5O2. The normalized spacial score (nSPS) is 15.6. The van der Waals surface area contributed by atoms with Crippen LogP contribution in [0.4, 0.5) is 11.6 Å². The standard InChI is InChI=1S/C22H23N5O2/c1-15-19(21(29)24-17-11-6-3-7-12-17)20(16-9-4-2-5-10-16)27-22(23-15)25-18(26-27)13-8-14-28/h2-7,9-12,20,28H,8,13-14H2,1H3,(H,24,29)(H,23,25,26)/t20-/m0/s1. The number of benzene rings is 2. The Hall–Kier alpha value is -3.45. The average molecular weight is 389 g/mol. The maximum absolute atomic E-state index is 13.2. The molecule has 7 heteroatoms. The highest BCUT2D eigenvalue weighted by molar-refractivity contribution is 6.06. The van der Waals surface area contributed by atoms with Gasteiger partial charge in [-0.05, 0) is 31.0 Å². The van der Waals surface area contributed by atoms with Crippen molar-refractivity contribution in [3.8, 4) is 0 Å². The van der Waals surface area contributed by atoms with Crippen LogP contribution in [-0.4, -0.2) is 32.4 Å².